The topological polar surface area (TPSA) is 25.8 Å². The summed E-state index contributed by atoms with van der Waals surface area (Å²) >= 11 is 0. The fourth-order valence-electron chi connectivity index (χ4n) is 7.68. The first kappa shape index (κ1) is 27.6. The summed E-state index contributed by atoms with van der Waals surface area (Å²) in [6, 6.07) is 56.6. The molecule has 0 amide bonds. The molecule has 0 unspecified atom stereocenters. The molecule has 0 atom stereocenters. The quantitative estimate of drug-likeness (QED) is 0.145. The average molecular weight is 617 g/mol. The van der Waals surface area contributed by atoms with E-state index in [0.717, 1.165) is 28.3 Å². The molecule has 0 bridgehead atoms. The van der Waals surface area contributed by atoms with Crippen molar-refractivity contribution in [1.29, 1.82) is 0 Å². The highest BCUT2D eigenvalue weighted by Crippen LogP contribution is 2.41. The van der Waals surface area contributed by atoms with Crippen molar-refractivity contribution in [3.63, 3.8) is 0 Å². The molecule has 0 aliphatic carbocycles. The number of hydrogen-bond acceptors (Lipinski definition) is 2. The van der Waals surface area contributed by atoms with Gasteiger partial charge in [-0.05, 0) is 66.3 Å². The number of hydrogen-bond donors (Lipinski definition) is 0. The maximum absolute atomic E-state index is 5.45. The van der Waals surface area contributed by atoms with Crippen LogP contribution in [0.15, 0.2) is 158 Å². The number of nitrogens with zero attached hydrogens (tertiary/aromatic N) is 2. The lowest BCUT2D eigenvalue weighted by molar-refractivity contribution is 1.20. The van der Waals surface area contributed by atoms with Crippen molar-refractivity contribution < 1.29 is 0 Å². The molecule has 7 aromatic carbocycles. The molecule has 47 heavy (non-hydrogen) atoms. The van der Waals surface area contributed by atoms with Gasteiger partial charge >= 0.3 is 0 Å². The second kappa shape index (κ2) is 10.7. The Bertz CT molecular complexity index is 2480. The summed E-state index contributed by atoms with van der Waals surface area (Å²) in [5.41, 5.74) is 10.4. The van der Waals surface area contributed by atoms with E-state index < -0.39 is 8.07 Å². The van der Waals surface area contributed by atoms with Gasteiger partial charge in [0, 0.05) is 16.7 Å². The molecule has 1 aromatic heterocycles. The van der Waals surface area contributed by atoms with Crippen LogP contribution in [0.2, 0.25) is 13.1 Å². The monoisotopic (exact) mass is 616 g/mol. The first-order valence-corrected chi connectivity index (χ1v) is 19.3. The van der Waals surface area contributed by atoms with Gasteiger partial charge in [-0.2, -0.15) is 0 Å². The van der Waals surface area contributed by atoms with Gasteiger partial charge in [0.2, 0.25) is 0 Å². The fourth-order valence-corrected chi connectivity index (χ4v) is 11.3. The van der Waals surface area contributed by atoms with E-state index in [2.05, 4.69) is 171 Å². The van der Waals surface area contributed by atoms with Crippen molar-refractivity contribution in [2.24, 2.45) is 0 Å². The molecule has 2 heterocycles. The predicted octanol–water partition coefficient (Wildman–Crippen LogP) is 10.3. The molecule has 3 heteroatoms. The van der Waals surface area contributed by atoms with Crippen molar-refractivity contribution in [2.45, 2.75) is 13.1 Å². The predicted molar refractivity (Wildman–Crippen MR) is 201 cm³/mol. The summed E-state index contributed by atoms with van der Waals surface area (Å²) in [6.45, 7) is 4.97. The Hall–Kier alpha value is -5.64. The van der Waals surface area contributed by atoms with Gasteiger partial charge in [0.25, 0.3) is 0 Å². The smallest absolute Gasteiger partial charge is 0.160 e. The van der Waals surface area contributed by atoms with Gasteiger partial charge < -0.3 is 0 Å². The second-order valence-corrected chi connectivity index (χ2v) is 17.2. The van der Waals surface area contributed by atoms with E-state index in [1.165, 1.54) is 59.7 Å². The maximum Gasteiger partial charge on any atom is 0.160 e. The van der Waals surface area contributed by atoms with Gasteiger partial charge in [-0.25, -0.2) is 9.97 Å². The lowest BCUT2D eigenvalue weighted by atomic mass is 9.94. The van der Waals surface area contributed by atoms with Gasteiger partial charge in [0.1, 0.15) is 8.07 Å². The lowest BCUT2D eigenvalue weighted by Gasteiger charge is -2.23. The van der Waals surface area contributed by atoms with E-state index in [4.69, 9.17) is 9.97 Å². The van der Waals surface area contributed by atoms with Crippen LogP contribution in [0.3, 0.4) is 0 Å². The highest BCUT2D eigenvalue weighted by Gasteiger charge is 2.44. The van der Waals surface area contributed by atoms with Crippen LogP contribution in [0, 0.1) is 0 Å². The van der Waals surface area contributed by atoms with Crippen LogP contribution in [0.4, 0.5) is 0 Å². The van der Waals surface area contributed by atoms with Crippen LogP contribution < -0.4 is 10.4 Å². The number of aromatic nitrogens is 2. The van der Waals surface area contributed by atoms with Crippen LogP contribution in [0.25, 0.3) is 77.7 Å². The summed E-state index contributed by atoms with van der Waals surface area (Å²) in [5, 5.41) is 8.00. The number of benzene rings is 7. The van der Waals surface area contributed by atoms with Crippen LogP contribution in [0.1, 0.15) is 0 Å². The molecule has 1 aliphatic rings. The van der Waals surface area contributed by atoms with Crippen LogP contribution in [-0.2, 0) is 0 Å². The molecule has 222 valence electrons. The molecule has 0 radical (unpaired) electrons. The Morgan fingerprint density at radius 3 is 1.47 bits per heavy atom. The van der Waals surface area contributed by atoms with Gasteiger partial charge in [-0.3, -0.25) is 0 Å². The molecule has 0 saturated heterocycles. The largest absolute Gasteiger partial charge is 0.228 e. The Morgan fingerprint density at radius 1 is 0.362 bits per heavy atom. The number of rotatable bonds is 4. The summed E-state index contributed by atoms with van der Waals surface area (Å²) in [7, 11) is -2.29. The molecular formula is C44H32N2Si. The summed E-state index contributed by atoms with van der Waals surface area (Å²) < 4.78 is 0. The Morgan fingerprint density at radius 2 is 0.809 bits per heavy atom. The van der Waals surface area contributed by atoms with Gasteiger partial charge in [0.15, 0.2) is 5.82 Å². The van der Waals surface area contributed by atoms with Crippen molar-refractivity contribution in [3.8, 4) is 56.2 Å². The minimum Gasteiger partial charge on any atom is -0.228 e. The first-order valence-electron chi connectivity index (χ1n) is 16.3. The minimum absolute atomic E-state index is 0.769. The van der Waals surface area contributed by atoms with Crippen molar-refractivity contribution in [2.75, 3.05) is 0 Å². The highest BCUT2D eigenvalue weighted by atomic mass is 28.3. The number of fused-ring (bicyclic) bond motifs is 8. The van der Waals surface area contributed by atoms with Gasteiger partial charge in [-0.15, -0.1) is 0 Å². The molecule has 1 aliphatic heterocycles. The molecule has 0 saturated carbocycles. The Kier molecular flexibility index (Phi) is 6.31. The van der Waals surface area contributed by atoms with Crippen LogP contribution in [-0.4, -0.2) is 18.0 Å². The lowest BCUT2D eigenvalue weighted by Crippen LogP contribution is -2.50. The summed E-state index contributed by atoms with van der Waals surface area (Å²) in [6.07, 6.45) is 0. The standard InChI is InChI=1S/C44H32N2Si/c1-47(2)42-38-26-12-10-24-36(38)35-23-9-11-25-37(35)39(42)41-43(47)40(45-44(46-41)30-17-7-4-8-18-30)34-22-14-21-33(28-34)32-20-13-19-31(27-32)29-15-5-3-6-16-29/h3-28H,1-2H3. The van der Waals surface area contributed by atoms with E-state index in [0.29, 0.717) is 0 Å². The zero-order valence-electron chi connectivity index (χ0n) is 26.4. The van der Waals surface area contributed by atoms with E-state index >= 15 is 0 Å². The molecular weight excluding hydrogens is 585 g/mol. The third-order valence-corrected chi connectivity index (χ3v) is 13.3. The minimum atomic E-state index is -2.29. The van der Waals surface area contributed by atoms with E-state index in [9.17, 15) is 0 Å². The highest BCUT2D eigenvalue weighted by molar-refractivity contribution is 7.06. The normalized spacial score (nSPS) is 13.1. The zero-order chi connectivity index (χ0) is 31.5. The SMILES string of the molecule is C[Si]1(C)c2c(-c3cccc(-c4cccc(-c5ccccc5)c4)c3)nc(-c3ccccc3)nc2-c2c1c1ccccc1c1ccccc21. The molecule has 0 N–H and O–H groups in total. The molecule has 0 fully saturated rings. The van der Waals surface area contributed by atoms with Crippen molar-refractivity contribution in [1.82, 2.24) is 9.97 Å². The summed E-state index contributed by atoms with van der Waals surface area (Å²) in [5.74, 6) is 0.769. The van der Waals surface area contributed by atoms with Crippen LogP contribution >= 0.6 is 0 Å². The molecule has 9 rings (SSSR count). The maximum atomic E-state index is 5.45. The Balaban J connectivity index is 1.32. The van der Waals surface area contributed by atoms with E-state index in [-0.39, 0.29) is 0 Å². The zero-order valence-corrected chi connectivity index (χ0v) is 27.4. The van der Waals surface area contributed by atoms with Gasteiger partial charge in [-0.1, -0.05) is 159 Å². The van der Waals surface area contributed by atoms with E-state index in [1.807, 2.05) is 0 Å². The average Bonchev–Trinajstić information content (AvgIpc) is 3.39. The first-order chi connectivity index (χ1) is 23.1. The molecule has 0 spiro atoms. The van der Waals surface area contributed by atoms with E-state index in [1.54, 1.807) is 0 Å². The molecule has 8 aromatic rings. The third-order valence-electron chi connectivity index (χ3n) is 9.80. The van der Waals surface area contributed by atoms with Crippen molar-refractivity contribution >= 4 is 40.0 Å². The third kappa shape index (κ3) is 4.39. The second-order valence-electron chi connectivity index (χ2n) is 13.0. The fraction of sp³-hybridized carbons (Fsp3) is 0.0455. The Labute approximate surface area is 276 Å². The van der Waals surface area contributed by atoms with Gasteiger partial charge in [0.05, 0.1) is 11.4 Å². The van der Waals surface area contributed by atoms with Crippen molar-refractivity contribution in [3.05, 3.63) is 158 Å². The molecule has 2 nitrogen and oxygen atoms in total. The summed E-state index contributed by atoms with van der Waals surface area (Å²) in [4.78, 5) is 10.9. The van der Waals surface area contributed by atoms with Crippen LogP contribution in [0.5, 0.6) is 0 Å².